The summed E-state index contributed by atoms with van der Waals surface area (Å²) in [5, 5.41) is 9.19. The van der Waals surface area contributed by atoms with Crippen LogP contribution in [-0.4, -0.2) is 18.4 Å². The molecule has 0 radical (unpaired) electrons. The number of benzene rings is 1. The van der Waals surface area contributed by atoms with Gasteiger partial charge in [0.15, 0.2) is 0 Å². The molecule has 0 aliphatic carbocycles. The summed E-state index contributed by atoms with van der Waals surface area (Å²) < 4.78 is 0. The van der Waals surface area contributed by atoms with Gasteiger partial charge in [-0.25, -0.2) is 0 Å². The molecule has 0 unspecified atom stereocenters. The Kier molecular flexibility index (Phi) is 5.11. The van der Waals surface area contributed by atoms with Crippen LogP contribution >= 0.6 is 11.3 Å². The van der Waals surface area contributed by atoms with Gasteiger partial charge in [0, 0.05) is 29.6 Å². The number of thiophene rings is 1. The maximum Gasteiger partial charge on any atom is 0.252 e. The summed E-state index contributed by atoms with van der Waals surface area (Å²) in [6, 6.07) is 7.56. The number of carbonyl (C=O) groups excluding carboxylic acids is 2. The van der Waals surface area contributed by atoms with Crippen LogP contribution in [0.25, 0.3) is 0 Å². The Bertz CT molecular complexity index is 636. The zero-order valence-corrected chi connectivity index (χ0v) is 12.9. The van der Waals surface area contributed by atoms with Crippen LogP contribution in [0.3, 0.4) is 0 Å². The third-order valence-electron chi connectivity index (χ3n) is 3.21. The third-order valence-corrected chi connectivity index (χ3v) is 3.89. The highest BCUT2D eigenvalue weighted by molar-refractivity contribution is 7.08. The van der Waals surface area contributed by atoms with Gasteiger partial charge in [0.05, 0.1) is 0 Å². The maximum atomic E-state index is 11.8. The van der Waals surface area contributed by atoms with Gasteiger partial charge < -0.3 is 10.6 Å². The van der Waals surface area contributed by atoms with Crippen LogP contribution in [0.2, 0.25) is 0 Å². The third kappa shape index (κ3) is 4.43. The molecule has 21 heavy (non-hydrogen) atoms. The molecule has 0 atom stereocenters. The van der Waals surface area contributed by atoms with Gasteiger partial charge in [-0.1, -0.05) is 6.07 Å². The first-order valence-electron chi connectivity index (χ1n) is 6.74. The van der Waals surface area contributed by atoms with E-state index in [9.17, 15) is 9.59 Å². The van der Waals surface area contributed by atoms with Gasteiger partial charge in [-0.15, -0.1) is 0 Å². The van der Waals surface area contributed by atoms with Crippen LogP contribution in [0.5, 0.6) is 0 Å². The number of amides is 2. The second kappa shape index (κ2) is 7.04. The van der Waals surface area contributed by atoms with Gasteiger partial charge in [0.2, 0.25) is 5.91 Å². The summed E-state index contributed by atoms with van der Waals surface area (Å²) in [6.45, 7) is 4.36. The topological polar surface area (TPSA) is 58.2 Å². The molecule has 0 fully saturated rings. The average molecular weight is 302 g/mol. The highest BCUT2D eigenvalue weighted by Crippen LogP contribution is 2.14. The lowest BCUT2D eigenvalue weighted by molar-refractivity contribution is -0.116. The first-order valence-corrected chi connectivity index (χ1v) is 7.68. The fraction of sp³-hybridized carbons (Fsp3) is 0.250. The Labute approximate surface area is 128 Å². The summed E-state index contributed by atoms with van der Waals surface area (Å²) in [5.41, 5.74) is 3.75. The molecule has 5 heteroatoms. The molecular formula is C16H18N2O2S. The molecule has 2 N–H and O–H groups in total. The van der Waals surface area contributed by atoms with Crippen LogP contribution in [0.1, 0.15) is 27.9 Å². The largest absolute Gasteiger partial charge is 0.351 e. The summed E-state index contributed by atoms with van der Waals surface area (Å²) >= 11 is 1.47. The van der Waals surface area contributed by atoms with E-state index in [1.165, 1.54) is 16.9 Å². The van der Waals surface area contributed by atoms with Gasteiger partial charge in [0.25, 0.3) is 5.91 Å². The Balaban J connectivity index is 1.77. The van der Waals surface area contributed by atoms with Crippen LogP contribution in [-0.2, 0) is 4.79 Å². The molecule has 2 amide bonds. The van der Waals surface area contributed by atoms with Crippen molar-refractivity contribution in [1.82, 2.24) is 5.32 Å². The Morgan fingerprint density at radius 2 is 1.95 bits per heavy atom. The second-order valence-electron chi connectivity index (χ2n) is 4.87. The molecule has 0 aliphatic heterocycles. The van der Waals surface area contributed by atoms with E-state index >= 15 is 0 Å². The molecule has 0 saturated carbocycles. The van der Waals surface area contributed by atoms with Crippen molar-refractivity contribution in [3.05, 3.63) is 51.7 Å². The van der Waals surface area contributed by atoms with E-state index in [1.807, 2.05) is 37.4 Å². The highest BCUT2D eigenvalue weighted by Gasteiger charge is 2.07. The molecule has 2 rings (SSSR count). The van der Waals surface area contributed by atoms with Crippen LogP contribution in [0.15, 0.2) is 35.0 Å². The van der Waals surface area contributed by atoms with Crippen molar-refractivity contribution in [2.24, 2.45) is 0 Å². The standard InChI is InChI=1S/C16H18N2O2S/c1-11-3-4-14(9-12(11)2)18-15(19)5-7-17-16(20)13-6-8-21-10-13/h3-4,6,8-10H,5,7H2,1-2H3,(H,17,20)(H,18,19). The summed E-state index contributed by atoms with van der Waals surface area (Å²) in [4.78, 5) is 23.5. The first-order chi connectivity index (χ1) is 10.1. The highest BCUT2D eigenvalue weighted by atomic mass is 32.1. The van der Waals surface area contributed by atoms with Gasteiger partial charge in [0.1, 0.15) is 0 Å². The van der Waals surface area contributed by atoms with Crippen molar-refractivity contribution in [2.75, 3.05) is 11.9 Å². The van der Waals surface area contributed by atoms with E-state index in [2.05, 4.69) is 10.6 Å². The Morgan fingerprint density at radius 1 is 1.14 bits per heavy atom. The number of carbonyl (C=O) groups is 2. The number of hydrogen-bond donors (Lipinski definition) is 2. The van der Waals surface area contributed by atoms with Gasteiger partial charge in [-0.2, -0.15) is 11.3 Å². The van der Waals surface area contributed by atoms with E-state index in [1.54, 1.807) is 11.4 Å². The predicted octanol–water partition coefficient (Wildman–Crippen LogP) is 3.12. The van der Waals surface area contributed by atoms with Crippen molar-refractivity contribution in [1.29, 1.82) is 0 Å². The number of rotatable bonds is 5. The normalized spacial score (nSPS) is 10.2. The molecule has 1 aromatic heterocycles. The molecule has 1 heterocycles. The number of hydrogen-bond acceptors (Lipinski definition) is 3. The smallest absolute Gasteiger partial charge is 0.252 e. The Morgan fingerprint density at radius 3 is 2.62 bits per heavy atom. The lowest BCUT2D eigenvalue weighted by Gasteiger charge is -2.08. The summed E-state index contributed by atoms with van der Waals surface area (Å²) in [7, 11) is 0. The lowest BCUT2D eigenvalue weighted by atomic mass is 10.1. The molecule has 0 bridgehead atoms. The minimum Gasteiger partial charge on any atom is -0.351 e. The average Bonchev–Trinajstić information content (AvgIpc) is 2.97. The fourth-order valence-corrected chi connectivity index (χ4v) is 2.46. The zero-order valence-electron chi connectivity index (χ0n) is 12.1. The molecule has 2 aromatic rings. The van der Waals surface area contributed by atoms with Crippen molar-refractivity contribution in [3.63, 3.8) is 0 Å². The van der Waals surface area contributed by atoms with Gasteiger partial charge in [-0.3, -0.25) is 9.59 Å². The molecule has 0 saturated heterocycles. The lowest BCUT2D eigenvalue weighted by Crippen LogP contribution is -2.27. The SMILES string of the molecule is Cc1ccc(NC(=O)CCNC(=O)c2ccsc2)cc1C. The van der Waals surface area contributed by atoms with E-state index in [4.69, 9.17) is 0 Å². The van der Waals surface area contributed by atoms with Crippen LogP contribution in [0, 0.1) is 13.8 Å². The zero-order chi connectivity index (χ0) is 15.2. The van der Waals surface area contributed by atoms with Crippen LogP contribution < -0.4 is 10.6 Å². The monoisotopic (exact) mass is 302 g/mol. The number of aryl methyl sites for hydroxylation is 2. The van der Waals surface area contributed by atoms with Crippen molar-refractivity contribution < 1.29 is 9.59 Å². The summed E-state index contributed by atoms with van der Waals surface area (Å²) in [6.07, 6.45) is 0.253. The molecular weight excluding hydrogens is 284 g/mol. The molecule has 0 aliphatic rings. The van der Waals surface area contributed by atoms with E-state index in [-0.39, 0.29) is 18.2 Å². The quantitative estimate of drug-likeness (QED) is 0.891. The van der Waals surface area contributed by atoms with Crippen molar-refractivity contribution in [3.8, 4) is 0 Å². The number of anilines is 1. The minimum absolute atomic E-state index is 0.108. The van der Waals surface area contributed by atoms with E-state index in [0.717, 1.165) is 11.3 Å². The molecule has 1 aromatic carbocycles. The number of nitrogens with one attached hydrogen (secondary N) is 2. The van der Waals surface area contributed by atoms with Crippen molar-refractivity contribution >= 4 is 28.8 Å². The molecule has 0 spiro atoms. The first kappa shape index (κ1) is 15.3. The second-order valence-corrected chi connectivity index (χ2v) is 5.65. The summed E-state index contributed by atoms with van der Waals surface area (Å²) in [5.74, 6) is -0.251. The molecule has 110 valence electrons. The van der Waals surface area contributed by atoms with Gasteiger partial charge >= 0.3 is 0 Å². The Hall–Kier alpha value is -2.14. The predicted molar refractivity (Wildman–Crippen MR) is 85.8 cm³/mol. The van der Waals surface area contributed by atoms with Gasteiger partial charge in [-0.05, 0) is 48.6 Å². The maximum absolute atomic E-state index is 11.8. The van der Waals surface area contributed by atoms with Crippen molar-refractivity contribution in [2.45, 2.75) is 20.3 Å². The molecule has 4 nitrogen and oxygen atoms in total. The fourth-order valence-electron chi connectivity index (χ4n) is 1.83. The van der Waals surface area contributed by atoms with E-state index in [0.29, 0.717) is 12.1 Å². The van der Waals surface area contributed by atoms with E-state index < -0.39 is 0 Å². The van der Waals surface area contributed by atoms with Crippen LogP contribution in [0.4, 0.5) is 5.69 Å². The minimum atomic E-state index is -0.143.